The normalized spacial score (nSPS) is 16.5. The minimum atomic E-state index is -3.76. The van der Waals surface area contributed by atoms with Gasteiger partial charge in [0, 0.05) is 24.2 Å². The van der Waals surface area contributed by atoms with Gasteiger partial charge in [0.15, 0.2) is 0 Å². The van der Waals surface area contributed by atoms with Crippen LogP contribution in [-0.4, -0.2) is 26.9 Å². The number of carbonyl (C=O) groups is 1. The molecule has 1 aliphatic carbocycles. The Morgan fingerprint density at radius 2 is 1.85 bits per heavy atom. The Hall–Kier alpha value is -2.22. The highest BCUT2D eigenvalue weighted by atomic mass is 32.2. The minimum absolute atomic E-state index is 0.0611. The highest BCUT2D eigenvalue weighted by molar-refractivity contribution is 7.89. The average molecular weight is 388 g/mol. The molecule has 7 heteroatoms. The quantitative estimate of drug-likeness (QED) is 0.646. The monoisotopic (exact) mass is 387 g/mol. The number of carbonyl (C=O) groups excluding carboxylic acids is 1. The van der Waals surface area contributed by atoms with Crippen LogP contribution in [0.2, 0.25) is 0 Å². The van der Waals surface area contributed by atoms with Crippen molar-refractivity contribution in [3.8, 4) is 0 Å². The first-order chi connectivity index (χ1) is 12.9. The number of amides is 1. The van der Waals surface area contributed by atoms with E-state index in [9.17, 15) is 13.2 Å². The molecule has 0 aromatic heterocycles. The lowest BCUT2D eigenvalue weighted by Crippen LogP contribution is -2.41. The average Bonchev–Trinajstić information content (AvgIpc) is 3.51. The summed E-state index contributed by atoms with van der Waals surface area (Å²) in [5.41, 5.74) is 6.90. The molecule has 2 unspecified atom stereocenters. The third-order valence-corrected chi connectivity index (χ3v) is 6.34. The molecule has 6 nitrogen and oxygen atoms in total. The molecule has 0 spiro atoms. The predicted molar refractivity (Wildman–Crippen MR) is 105 cm³/mol. The van der Waals surface area contributed by atoms with Gasteiger partial charge in [-0.3, -0.25) is 4.79 Å². The smallest absolute Gasteiger partial charge is 0.251 e. The second-order valence-electron chi connectivity index (χ2n) is 6.93. The zero-order valence-electron chi connectivity index (χ0n) is 15.3. The molecule has 1 saturated carbocycles. The van der Waals surface area contributed by atoms with Crippen LogP contribution in [0, 0.1) is 5.92 Å². The van der Waals surface area contributed by atoms with Gasteiger partial charge in [0.05, 0.1) is 4.90 Å². The maximum absolute atomic E-state index is 12.7. The number of nitrogens with one attached hydrogen (secondary N) is 2. The first kappa shape index (κ1) is 19.5. The zero-order chi connectivity index (χ0) is 19.4. The van der Waals surface area contributed by atoms with Gasteiger partial charge in [0.25, 0.3) is 5.91 Å². The van der Waals surface area contributed by atoms with Crippen LogP contribution in [0.3, 0.4) is 0 Å². The summed E-state index contributed by atoms with van der Waals surface area (Å²) < 4.78 is 28.1. The molecule has 2 aromatic carbocycles. The summed E-state index contributed by atoms with van der Waals surface area (Å²) in [6.45, 7) is 2.16. The number of rotatable bonds is 8. The Kier molecular flexibility index (Phi) is 5.94. The van der Waals surface area contributed by atoms with E-state index in [1.54, 1.807) is 19.1 Å². The van der Waals surface area contributed by atoms with Crippen molar-refractivity contribution in [2.75, 3.05) is 6.54 Å². The number of hydrogen-bond acceptors (Lipinski definition) is 4. The highest BCUT2D eigenvalue weighted by Gasteiger charge is 2.31. The molecule has 1 aliphatic rings. The lowest BCUT2D eigenvalue weighted by atomic mass is 10.1. The highest BCUT2D eigenvalue weighted by Crippen LogP contribution is 2.32. The maximum Gasteiger partial charge on any atom is 0.251 e. The Labute approximate surface area is 160 Å². The molecule has 0 heterocycles. The molecule has 0 radical (unpaired) electrons. The molecule has 2 aromatic rings. The molecule has 3 rings (SSSR count). The van der Waals surface area contributed by atoms with E-state index in [1.165, 1.54) is 12.1 Å². The zero-order valence-corrected chi connectivity index (χ0v) is 16.1. The largest absolute Gasteiger partial charge is 0.348 e. The molecule has 2 atom stereocenters. The Bertz CT molecular complexity index is 896. The summed E-state index contributed by atoms with van der Waals surface area (Å²) in [5.74, 6) is 0.129. The third kappa shape index (κ3) is 4.94. The summed E-state index contributed by atoms with van der Waals surface area (Å²) >= 11 is 0. The Balaban J connectivity index is 1.74. The Morgan fingerprint density at radius 3 is 2.48 bits per heavy atom. The van der Waals surface area contributed by atoms with Crippen molar-refractivity contribution < 1.29 is 13.2 Å². The maximum atomic E-state index is 12.7. The van der Waals surface area contributed by atoms with Crippen molar-refractivity contribution in [3.05, 3.63) is 65.7 Å². The lowest BCUT2D eigenvalue weighted by molar-refractivity contribution is 0.0933. The van der Waals surface area contributed by atoms with E-state index < -0.39 is 10.0 Å². The molecule has 0 bridgehead atoms. The number of sulfonamides is 1. The number of benzene rings is 2. The van der Waals surface area contributed by atoms with E-state index in [2.05, 4.69) is 10.0 Å². The van der Waals surface area contributed by atoms with Crippen LogP contribution in [0.4, 0.5) is 0 Å². The summed E-state index contributed by atoms with van der Waals surface area (Å²) in [6, 6.07) is 14.9. The van der Waals surface area contributed by atoms with Gasteiger partial charge in [0.1, 0.15) is 0 Å². The molecule has 4 N–H and O–H groups in total. The van der Waals surface area contributed by atoms with Crippen LogP contribution in [0.15, 0.2) is 59.5 Å². The van der Waals surface area contributed by atoms with Crippen LogP contribution in [0.1, 0.15) is 41.7 Å². The fourth-order valence-electron chi connectivity index (χ4n) is 3.03. The van der Waals surface area contributed by atoms with Crippen LogP contribution >= 0.6 is 0 Å². The third-order valence-electron chi connectivity index (χ3n) is 4.80. The van der Waals surface area contributed by atoms with E-state index in [1.807, 2.05) is 30.3 Å². The summed E-state index contributed by atoms with van der Waals surface area (Å²) in [7, 11) is -3.76. The van der Waals surface area contributed by atoms with Gasteiger partial charge in [-0.05, 0) is 49.4 Å². The van der Waals surface area contributed by atoms with Crippen LogP contribution < -0.4 is 15.8 Å². The fraction of sp³-hybridized carbons (Fsp3) is 0.350. The molecule has 144 valence electrons. The fourth-order valence-corrected chi connectivity index (χ4v) is 4.31. The SMILES string of the molecule is CC(NS(=O)(=O)c1cccc(C(=O)NC(CN)C2CC2)c1)c1ccccc1. The number of hydrogen-bond donors (Lipinski definition) is 3. The second kappa shape index (κ2) is 8.21. The van der Waals surface area contributed by atoms with Crippen molar-refractivity contribution in [2.45, 2.75) is 36.7 Å². The van der Waals surface area contributed by atoms with Crippen molar-refractivity contribution in [1.29, 1.82) is 0 Å². The molecule has 1 fully saturated rings. The van der Waals surface area contributed by atoms with Crippen molar-refractivity contribution in [2.24, 2.45) is 11.7 Å². The van der Waals surface area contributed by atoms with Gasteiger partial charge in [0.2, 0.25) is 10.0 Å². The van der Waals surface area contributed by atoms with Crippen molar-refractivity contribution >= 4 is 15.9 Å². The summed E-state index contributed by atoms with van der Waals surface area (Å²) in [4.78, 5) is 12.6. The van der Waals surface area contributed by atoms with Gasteiger partial charge < -0.3 is 11.1 Å². The predicted octanol–water partition coefficient (Wildman–Crippen LogP) is 2.19. The van der Waals surface area contributed by atoms with Gasteiger partial charge in [-0.1, -0.05) is 36.4 Å². The second-order valence-corrected chi connectivity index (χ2v) is 8.65. The molecular formula is C20H25N3O3S. The molecule has 0 aliphatic heterocycles. The lowest BCUT2D eigenvalue weighted by Gasteiger charge is -2.17. The molecule has 27 heavy (non-hydrogen) atoms. The topological polar surface area (TPSA) is 101 Å². The van der Waals surface area contributed by atoms with Crippen molar-refractivity contribution in [1.82, 2.24) is 10.0 Å². The first-order valence-electron chi connectivity index (χ1n) is 9.09. The first-order valence-corrected chi connectivity index (χ1v) is 10.6. The van der Waals surface area contributed by atoms with Crippen LogP contribution in [-0.2, 0) is 10.0 Å². The summed E-state index contributed by atoms with van der Waals surface area (Å²) in [5, 5.41) is 2.91. The van der Waals surface area contributed by atoms with E-state index in [0.717, 1.165) is 18.4 Å². The molecular weight excluding hydrogens is 362 g/mol. The van der Waals surface area contributed by atoms with E-state index in [0.29, 0.717) is 18.0 Å². The standard InChI is InChI=1S/C20H25N3O3S/c1-14(15-6-3-2-4-7-15)23-27(25,26)18-9-5-8-17(12-18)20(24)22-19(13-21)16-10-11-16/h2-9,12,14,16,19,23H,10-11,13,21H2,1H3,(H,22,24). The van der Waals surface area contributed by atoms with Crippen molar-refractivity contribution in [3.63, 3.8) is 0 Å². The van der Waals surface area contributed by atoms with Gasteiger partial charge >= 0.3 is 0 Å². The summed E-state index contributed by atoms with van der Waals surface area (Å²) in [6.07, 6.45) is 2.13. The van der Waals surface area contributed by atoms with Crippen LogP contribution in [0.5, 0.6) is 0 Å². The molecule has 1 amide bonds. The van der Waals surface area contributed by atoms with E-state index in [4.69, 9.17) is 5.73 Å². The van der Waals surface area contributed by atoms with Gasteiger partial charge in [-0.15, -0.1) is 0 Å². The minimum Gasteiger partial charge on any atom is -0.348 e. The van der Waals surface area contributed by atoms with Crippen LogP contribution in [0.25, 0.3) is 0 Å². The van der Waals surface area contributed by atoms with Gasteiger partial charge in [-0.25, -0.2) is 13.1 Å². The molecule has 0 saturated heterocycles. The van der Waals surface area contributed by atoms with Gasteiger partial charge in [-0.2, -0.15) is 0 Å². The Morgan fingerprint density at radius 1 is 1.15 bits per heavy atom. The van der Waals surface area contributed by atoms with E-state index in [-0.39, 0.29) is 22.9 Å². The van der Waals surface area contributed by atoms with E-state index >= 15 is 0 Å². The number of nitrogens with two attached hydrogens (primary N) is 1.